The third-order valence-corrected chi connectivity index (χ3v) is 3.07. The van der Waals surface area contributed by atoms with Crippen LogP contribution in [0.25, 0.3) is 0 Å². The van der Waals surface area contributed by atoms with E-state index in [2.05, 4.69) is 31.9 Å². The van der Waals surface area contributed by atoms with Gasteiger partial charge in [0.15, 0.2) is 0 Å². The van der Waals surface area contributed by atoms with Gasteiger partial charge in [-0.05, 0) is 11.4 Å². The molecule has 0 fully saturated rings. The topological polar surface area (TPSA) is 0 Å². The summed E-state index contributed by atoms with van der Waals surface area (Å²) in [5, 5.41) is 1.97. The molecule has 0 saturated heterocycles. The number of thiophene rings is 1. The van der Waals surface area contributed by atoms with Gasteiger partial charge in [0.05, 0.1) is 8.07 Å². The molecule has 1 aromatic rings. The van der Waals surface area contributed by atoms with Crippen LogP contribution in [-0.2, 0) is 0 Å². The van der Waals surface area contributed by atoms with Gasteiger partial charge in [0, 0.05) is 5.56 Å². The second-order valence-electron chi connectivity index (χ2n) is 1.45. The lowest BCUT2D eigenvalue weighted by Gasteiger charge is -1.95. The van der Waals surface area contributed by atoms with Crippen molar-refractivity contribution in [2.75, 3.05) is 0 Å². The zero-order chi connectivity index (χ0) is 6.85. The molecular weight excluding hydrogens is 287 g/mol. The van der Waals surface area contributed by atoms with Crippen LogP contribution in [0.15, 0.2) is 11.4 Å². The fraction of sp³-hybridized carbons (Fsp3) is 0.200. The Kier molecular flexibility index (Phi) is 3.02. The van der Waals surface area contributed by atoms with Crippen molar-refractivity contribution in [2.24, 2.45) is 0 Å². The highest BCUT2D eigenvalue weighted by Gasteiger charge is 2.06. The van der Waals surface area contributed by atoms with Crippen LogP contribution in [0.4, 0.5) is 0 Å². The summed E-state index contributed by atoms with van der Waals surface area (Å²) in [4.78, 5) is 0. The van der Waals surface area contributed by atoms with E-state index in [1.165, 1.54) is 11.3 Å². The van der Waals surface area contributed by atoms with Crippen molar-refractivity contribution in [3.8, 4) is 0 Å². The minimum atomic E-state index is 0.184. The highest BCUT2D eigenvalue weighted by molar-refractivity contribution is 9.24. The van der Waals surface area contributed by atoms with E-state index in [4.69, 9.17) is 11.6 Å². The summed E-state index contributed by atoms with van der Waals surface area (Å²) in [5.41, 5.74) is 1.10. The fourth-order valence-electron chi connectivity index (χ4n) is 0.459. The van der Waals surface area contributed by atoms with Crippen molar-refractivity contribution in [3.05, 3.63) is 21.3 Å². The maximum absolute atomic E-state index is 5.79. The van der Waals surface area contributed by atoms with Crippen molar-refractivity contribution in [1.82, 2.24) is 0 Å². The van der Waals surface area contributed by atoms with Gasteiger partial charge in [-0.3, -0.25) is 0 Å². The third kappa shape index (κ3) is 1.93. The Bertz CT molecular complexity index is 197. The highest BCUT2D eigenvalue weighted by Crippen LogP contribution is 2.36. The predicted molar refractivity (Wildman–Crippen MR) is 49.9 cm³/mol. The zero-order valence-electron chi connectivity index (χ0n) is 4.27. The fourth-order valence-corrected chi connectivity index (χ4v) is 2.77. The van der Waals surface area contributed by atoms with Crippen LogP contribution in [0.2, 0.25) is 4.34 Å². The number of rotatable bonds is 1. The molecule has 0 aliphatic heterocycles. The predicted octanol–water partition coefficient (Wildman–Crippen LogP) is 4.19. The third-order valence-electron chi connectivity index (χ3n) is 0.881. The van der Waals surface area contributed by atoms with Gasteiger partial charge < -0.3 is 0 Å². The maximum atomic E-state index is 5.79. The Morgan fingerprint density at radius 2 is 2.22 bits per heavy atom. The largest absolute Gasteiger partial charge is 0.132 e. The number of hydrogen-bond donors (Lipinski definition) is 0. The van der Waals surface area contributed by atoms with Gasteiger partial charge in [0.25, 0.3) is 0 Å². The van der Waals surface area contributed by atoms with Crippen LogP contribution in [0.3, 0.4) is 0 Å². The summed E-state index contributed by atoms with van der Waals surface area (Å²) in [5.74, 6) is 0. The summed E-state index contributed by atoms with van der Waals surface area (Å²) < 4.78 is 1.03. The SMILES string of the molecule is Clc1sccc1C(Br)Br. The van der Waals surface area contributed by atoms with Crippen LogP contribution in [0, 0.1) is 0 Å². The van der Waals surface area contributed by atoms with E-state index in [0.717, 1.165) is 9.90 Å². The lowest BCUT2D eigenvalue weighted by atomic mass is 10.4. The van der Waals surface area contributed by atoms with E-state index >= 15 is 0 Å². The molecule has 0 saturated carbocycles. The quantitative estimate of drug-likeness (QED) is 0.680. The van der Waals surface area contributed by atoms with Crippen LogP contribution >= 0.6 is 54.8 Å². The van der Waals surface area contributed by atoms with E-state index in [1.807, 2.05) is 11.4 Å². The zero-order valence-corrected chi connectivity index (χ0v) is 9.02. The van der Waals surface area contributed by atoms with Gasteiger partial charge in [0.2, 0.25) is 0 Å². The first-order chi connectivity index (χ1) is 4.22. The normalized spacial score (nSPS) is 10.7. The summed E-state index contributed by atoms with van der Waals surface area (Å²) >= 11 is 14.0. The molecule has 4 heteroatoms. The molecule has 0 radical (unpaired) electrons. The Balaban J connectivity index is 2.94. The van der Waals surface area contributed by atoms with E-state index in [1.54, 1.807) is 0 Å². The van der Waals surface area contributed by atoms with Crippen LogP contribution in [0.1, 0.15) is 9.30 Å². The monoisotopic (exact) mass is 288 g/mol. The molecule has 9 heavy (non-hydrogen) atoms. The first kappa shape index (κ1) is 8.05. The first-order valence-corrected chi connectivity index (χ1v) is 5.31. The van der Waals surface area contributed by atoms with Crippen molar-refractivity contribution >= 4 is 54.8 Å². The molecule has 1 heterocycles. The Morgan fingerprint density at radius 1 is 1.56 bits per heavy atom. The van der Waals surface area contributed by atoms with E-state index < -0.39 is 0 Å². The average Bonchev–Trinajstić information content (AvgIpc) is 2.13. The average molecular weight is 290 g/mol. The van der Waals surface area contributed by atoms with E-state index in [-0.39, 0.29) is 3.74 Å². The summed E-state index contributed by atoms with van der Waals surface area (Å²) in [6.45, 7) is 0. The molecule has 0 aliphatic carbocycles. The molecule has 0 nitrogen and oxygen atoms in total. The maximum Gasteiger partial charge on any atom is 0.0980 e. The second-order valence-corrected chi connectivity index (χ2v) is 6.03. The van der Waals surface area contributed by atoms with E-state index in [0.29, 0.717) is 0 Å². The lowest BCUT2D eigenvalue weighted by molar-refractivity contribution is 1.49. The Hall–Kier alpha value is 0.950. The van der Waals surface area contributed by atoms with Crippen molar-refractivity contribution in [1.29, 1.82) is 0 Å². The minimum absolute atomic E-state index is 0.184. The highest BCUT2D eigenvalue weighted by atomic mass is 79.9. The molecule has 0 aromatic carbocycles. The van der Waals surface area contributed by atoms with Crippen molar-refractivity contribution in [2.45, 2.75) is 3.74 Å². The van der Waals surface area contributed by atoms with Gasteiger partial charge in [-0.1, -0.05) is 43.5 Å². The van der Waals surface area contributed by atoms with Gasteiger partial charge in [-0.15, -0.1) is 11.3 Å². The lowest BCUT2D eigenvalue weighted by Crippen LogP contribution is -1.72. The number of hydrogen-bond acceptors (Lipinski definition) is 1. The second kappa shape index (κ2) is 3.37. The molecule has 1 rings (SSSR count). The molecule has 0 atom stereocenters. The molecule has 1 aromatic heterocycles. The smallest absolute Gasteiger partial charge is 0.0980 e. The molecule has 0 aliphatic rings. The standard InChI is InChI=1S/C5H3Br2ClS/c6-4(7)3-1-2-9-5(3)8/h1-2,4H. The molecule has 50 valence electrons. The van der Waals surface area contributed by atoms with Crippen LogP contribution in [-0.4, -0.2) is 0 Å². The molecule has 0 unspecified atom stereocenters. The minimum Gasteiger partial charge on any atom is -0.132 e. The molecule has 0 N–H and O–H groups in total. The van der Waals surface area contributed by atoms with E-state index in [9.17, 15) is 0 Å². The summed E-state index contributed by atoms with van der Waals surface area (Å²) in [6.07, 6.45) is 0. The Labute approximate surface area is 79.5 Å². The Morgan fingerprint density at radius 3 is 2.44 bits per heavy atom. The molecular formula is C5H3Br2ClS. The van der Waals surface area contributed by atoms with Crippen molar-refractivity contribution < 1.29 is 0 Å². The molecule has 0 bridgehead atoms. The summed E-state index contributed by atoms with van der Waals surface area (Å²) in [7, 11) is 0. The number of alkyl halides is 2. The van der Waals surface area contributed by atoms with Gasteiger partial charge in [0.1, 0.15) is 0 Å². The van der Waals surface area contributed by atoms with Gasteiger partial charge in [-0.2, -0.15) is 0 Å². The van der Waals surface area contributed by atoms with Crippen LogP contribution < -0.4 is 0 Å². The first-order valence-electron chi connectivity index (χ1n) is 2.23. The molecule has 0 amide bonds. The van der Waals surface area contributed by atoms with Crippen molar-refractivity contribution in [3.63, 3.8) is 0 Å². The van der Waals surface area contributed by atoms with Crippen LogP contribution in [0.5, 0.6) is 0 Å². The summed E-state index contributed by atoms with van der Waals surface area (Å²) in [6, 6.07) is 1.99. The van der Waals surface area contributed by atoms with Gasteiger partial charge in [-0.25, -0.2) is 0 Å². The molecule has 0 spiro atoms. The number of halogens is 3. The van der Waals surface area contributed by atoms with Gasteiger partial charge >= 0.3 is 0 Å².